The van der Waals surface area contributed by atoms with Gasteiger partial charge >= 0.3 is 6.09 Å². The minimum Gasteiger partial charge on any atom is -0.508 e. The Kier molecular flexibility index (Phi) is 11.5. The molecule has 2 aromatic rings. The van der Waals surface area contributed by atoms with Gasteiger partial charge in [0.05, 0.1) is 0 Å². The van der Waals surface area contributed by atoms with Gasteiger partial charge in [0, 0.05) is 18.0 Å². The number of aromatic hydroxyl groups is 1. The second-order valence-corrected chi connectivity index (χ2v) is 10.7. The van der Waals surface area contributed by atoms with Gasteiger partial charge in [0.1, 0.15) is 23.4 Å². The molecule has 0 aliphatic carbocycles. The molecular weight excluding hydrogens is 502 g/mol. The van der Waals surface area contributed by atoms with Crippen molar-refractivity contribution < 1.29 is 24.2 Å². The number of aryl methyl sites for hydroxylation is 2. The monoisotopic (exact) mass is 543 g/mol. The minimum atomic E-state index is -1.01. The van der Waals surface area contributed by atoms with Crippen LogP contribution in [0.25, 0.3) is 0 Å². The molecule has 3 N–H and O–H groups in total. The lowest BCUT2D eigenvalue weighted by atomic mass is 10.0. The van der Waals surface area contributed by atoms with E-state index in [1.807, 2.05) is 32.0 Å². The zero-order valence-corrected chi connectivity index (χ0v) is 24.1. The van der Waals surface area contributed by atoms with Crippen LogP contribution in [-0.4, -0.2) is 51.9 Å². The molecule has 2 aromatic carbocycles. The first kappa shape index (κ1) is 31.0. The highest BCUT2D eigenvalue weighted by Gasteiger charge is 2.36. The molecule has 2 rings (SSSR count). The summed E-state index contributed by atoms with van der Waals surface area (Å²) in [7, 11) is 0. The van der Waals surface area contributed by atoms with Crippen molar-refractivity contribution in [2.24, 2.45) is 0 Å². The Morgan fingerprint density at radius 3 is 2.16 bits per heavy atom. The number of hydrogen-bond donors (Lipinski definition) is 4. The highest BCUT2D eigenvalue weighted by Crippen LogP contribution is 2.28. The Morgan fingerprint density at radius 2 is 1.63 bits per heavy atom. The highest BCUT2D eigenvalue weighted by molar-refractivity contribution is 7.80. The fourth-order valence-electron chi connectivity index (χ4n) is 4.07. The normalized spacial score (nSPS) is 12.8. The van der Waals surface area contributed by atoms with Crippen LogP contribution in [0.3, 0.4) is 0 Å². The number of nitrogens with one attached hydrogen (secondary N) is 2. The van der Waals surface area contributed by atoms with Crippen LogP contribution in [0.1, 0.15) is 69.7 Å². The fourth-order valence-corrected chi connectivity index (χ4v) is 4.31. The zero-order chi connectivity index (χ0) is 28.5. The summed E-state index contributed by atoms with van der Waals surface area (Å²) in [6.07, 6.45) is 1.71. The molecule has 0 aliphatic rings. The number of para-hydroxylation sites is 1. The molecule has 208 valence electrons. The fraction of sp³-hybridized carbons (Fsp3) is 0.483. The smallest absolute Gasteiger partial charge is 0.408 e. The van der Waals surface area contributed by atoms with Gasteiger partial charge in [0.2, 0.25) is 5.91 Å². The van der Waals surface area contributed by atoms with Crippen molar-refractivity contribution in [2.75, 3.05) is 17.6 Å². The third-order valence-corrected chi connectivity index (χ3v) is 6.32. The molecule has 9 heteroatoms. The summed E-state index contributed by atoms with van der Waals surface area (Å²) in [5, 5.41) is 15.5. The van der Waals surface area contributed by atoms with Crippen LogP contribution in [0.5, 0.6) is 5.75 Å². The van der Waals surface area contributed by atoms with Gasteiger partial charge in [-0.05, 0) is 69.9 Å². The summed E-state index contributed by atoms with van der Waals surface area (Å²) in [4.78, 5) is 41.8. The molecule has 0 bridgehead atoms. The molecule has 0 aliphatic heterocycles. The van der Waals surface area contributed by atoms with Crippen molar-refractivity contribution >= 4 is 36.2 Å². The predicted octanol–water partition coefficient (Wildman–Crippen LogP) is 5.53. The van der Waals surface area contributed by atoms with Crippen molar-refractivity contribution in [3.63, 3.8) is 0 Å². The summed E-state index contributed by atoms with van der Waals surface area (Å²) in [5.74, 6) is -0.778. The molecule has 2 unspecified atom stereocenters. The van der Waals surface area contributed by atoms with E-state index < -0.39 is 35.6 Å². The van der Waals surface area contributed by atoms with Crippen LogP contribution in [0.15, 0.2) is 42.5 Å². The third kappa shape index (κ3) is 8.97. The van der Waals surface area contributed by atoms with Crippen LogP contribution in [0, 0.1) is 13.8 Å². The Labute approximate surface area is 231 Å². The van der Waals surface area contributed by atoms with Gasteiger partial charge in [0.15, 0.2) is 0 Å². The second kappa shape index (κ2) is 14.1. The number of thiol groups is 1. The SMILES string of the molecule is CCCCCN(C(=O)C(CS)NC(=O)OC(C)(C)C)C(C(=O)Nc1c(C)cccc1C)c1ccc(O)cc1. The Morgan fingerprint density at radius 1 is 1.03 bits per heavy atom. The maximum Gasteiger partial charge on any atom is 0.408 e. The van der Waals surface area contributed by atoms with Crippen LogP contribution in [0.2, 0.25) is 0 Å². The molecule has 8 nitrogen and oxygen atoms in total. The number of phenolic OH excluding ortho intramolecular Hbond substituents is 1. The number of hydrogen-bond acceptors (Lipinski definition) is 6. The van der Waals surface area contributed by atoms with Gasteiger partial charge < -0.3 is 25.4 Å². The van der Waals surface area contributed by atoms with Crippen molar-refractivity contribution in [1.82, 2.24) is 10.2 Å². The van der Waals surface area contributed by atoms with E-state index in [1.165, 1.54) is 17.0 Å². The third-order valence-electron chi connectivity index (χ3n) is 5.96. The molecule has 38 heavy (non-hydrogen) atoms. The number of unbranched alkanes of at least 4 members (excludes halogenated alkanes) is 2. The van der Waals surface area contributed by atoms with Crippen molar-refractivity contribution in [2.45, 2.75) is 78.5 Å². The van der Waals surface area contributed by atoms with E-state index in [1.54, 1.807) is 32.9 Å². The largest absolute Gasteiger partial charge is 0.508 e. The first-order valence-corrected chi connectivity index (χ1v) is 13.6. The average molecular weight is 544 g/mol. The minimum absolute atomic E-state index is 0.0170. The lowest BCUT2D eigenvalue weighted by molar-refractivity contribution is -0.140. The first-order valence-electron chi connectivity index (χ1n) is 12.9. The van der Waals surface area contributed by atoms with Crippen LogP contribution in [-0.2, 0) is 14.3 Å². The molecular formula is C29H41N3O5S. The van der Waals surface area contributed by atoms with E-state index in [2.05, 4.69) is 30.2 Å². The van der Waals surface area contributed by atoms with Crippen LogP contribution < -0.4 is 10.6 Å². The van der Waals surface area contributed by atoms with Gasteiger partial charge in [-0.15, -0.1) is 0 Å². The number of anilines is 1. The van der Waals surface area contributed by atoms with E-state index in [-0.39, 0.29) is 11.5 Å². The summed E-state index contributed by atoms with van der Waals surface area (Å²) >= 11 is 4.32. The Hall–Kier alpha value is -3.20. The number of alkyl carbamates (subject to hydrolysis) is 1. The molecule has 0 radical (unpaired) electrons. The first-order chi connectivity index (χ1) is 17.9. The van der Waals surface area contributed by atoms with E-state index in [4.69, 9.17) is 4.74 Å². The molecule has 0 spiro atoms. The number of ether oxygens (including phenoxy) is 1. The van der Waals surface area contributed by atoms with Gasteiger partial charge in [-0.25, -0.2) is 4.79 Å². The Balaban J connectivity index is 2.50. The van der Waals surface area contributed by atoms with E-state index >= 15 is 0 Å². The quantitative estimate of drug-likeness (QED) is 0.220. The second-order valence-electron chi connectivity index (χ2n) is 10.4. The summed E-state index contributed by atoms with van der Waals surface area (Å²) in [6, 6.07) is 9.93. The Bertz CT molecular complexity index is 1080. The maximum atomic E-state index is 13.9. The molecule has 2 atom stereocenters. The van der Waals surface area contributed by atoms with E-state index in [9.17, 15) is 19.5 Å². The van der Waals surface area contributed by atoms with Gasteiger partial charge in [-0.3, -0.25) is 9.59 Å². The average Bonchev–Trinajstić information content (AvgIpc) is 2.84. The van der Waals surface area contributed by atoms with Gasteiger partial charge in [-0.2, -0.15) is 12.6 Å². The number of carbonyl (C=O) groups excluding carboxylic acids is 3. The maximum absolute atomic E-state index is 13.9. The summed E-state index contributed by atoms with van der Waals surface area (Å²) in [6.45, 7) is 11.4. The number of amides is 3. The lowest BCUT2D eigenvalue weighted by Crippen LogP contribution is -2.53. The molecule has 0 heterocycles. The van der Waals surface area contributed by atoms with Crippen molar-refractivity contribution in [1.29, 1.82) is 0 Å². The molecule has 0 aromatic heterocycles. The van der Waals surface area contributed by atoms with Crippen molar-refractivity contribution in [3.8, 4) is 5.75 Å². The van der Waals surface area contributed by atoms with Gasteiger partial charge in [-0.1, -0.05) is 50.1 Å². The standard InChI is InChI=1S/C29H41N3O5S/c1-7-8-9-17-32(27(35)23(18-38)30-28(36)37-29(4,5)6)25(21-13-15-22(33)16-14-21)26(34)31-24-19(2)11-10-12-20(24)3/h10-16,23,25,33,38H,7-9,17-18H2,1-6H3,(H,30,36)(H,31,34). The number of carbonyl (C=O) groups is 3. The topological polar surface area (TPSA) is 108 Å². The van der Waals surface area contributed by atoms with E-state index in [0.717, 1.165) is 24.0 Å². The zero-order valence-electron chi connectivity index (χ0n) is 23.2. The molecule has 0 saturated carbocycles. The number of phenols is 1. The van der Waals surface area contributed by atoms with Crippen LogP contribution >= 0.6 is 12.6 Å². The lowest BCUT2D eigenvalue weighted by Gasteiger charge is -2.34. The number of rotatable bonds is 11. The van der Waals surface area contributed by atoms with Gasteiger partial charge in [0.25, 0.3) is 5.91 Å². The highest BCUT2D eigenvalue weighted by atomic mass is 32.1. The molecule has 3 amide bonds. The van der Waals surface area contributed by atoms with E-state index in [0.29, 0.717) is 24.2 Å². The van der Waals surface area contributed by atoms with Crippen molar-refractivity contribution in [3.05, 3.63) is 59.2 Å². The van der Waals surface area contributed by atoms with Crippen LogP contribution in [0.4, 0.5) is 10.5 Å². The molecule has 0 saturated heterocycles. The predicted molar refractivity (Wildman–Crippen MR) is 154 cm³/mol. The summed E-state index contributed by atoms with van der Waals surface area (Å²) in [5.41, 5.74) is 2.26. The number of nitrogens with zero attached hydrogens (tertiary/aromatic N) is 1. The molecule has 0 fully saturated rings. The summed E-state index contributed by atoms with van der Waals surface area (Å²) < 4.78 is 5.35. The number of benzene rings is 2.